The number of hydrazone groups is 1. The Morgan fingerprint density at radius 1 is 1.00 bits per heavy atom. The van der Waals surface area contributed by atoms with Gasteiger partial charge in [0.1, 0.15) is 0 Å². The fourth-order valence-electron chi connectivity index (χ4n) is 2.17. The molecule has 26 heavy (non-hydrogen) atoms. The number of amides is 2. The molecule has 0 saturated carbocycles. The maximum atomic E-state index is 12.3. The predicted octanol–water partition coefficient (Wildman–Crippen LogP) is 4.42. The standard InChI is InChI=1S/C19H14ClN3O2S/c20-17-9-2-1-8-16(17)19(25)22-14-6-3-5-13(11-14)18(24)23-21-12-15-7-4-10-26-15/h1-12H,(H,22,25)(H,23,24)/b21-12-. The summed E-state index contributed by atoms with van der Waals surface area (Å²) >= 11 is 7.55. The highest BCUT2D eigenvalue weighted by molar-refractivity contribution is 7.11. The molecule has 130 valence electrons. The van der Waals surface area contributed by atoms with Crippen LogP contribution in [0.5, 0.6) is 0 Å². The van der Waals surface area contributed by atoms with Crippen LogP contribution in [0.3, 0.4) is 0 Å². The molecular weight excluding hydrogens is 370 g/mol. The van der Waals surface area contributed by atoms with Crippen LogP contribution in [0.15, 0.2) is 71.1 Å². The van der Waals surface area contributed by atoms with Crippen LogP contribution in [0, 0.1) is 0 Å². The molecule has 0 atom stereocenters. The normalized spacial score (nSPS) is 10.7. The first-order chi connectivity index (χ1) is 12.6. The average Bonchev–Trinajstić information content (AvgIpc) is 3.15. The summed E-state index contributed by atoms with van der Waals surface area (Å²) in [4.78, 5) is 25.4. The molecule has 0 saturated heterocycles. The van der Waals surface area contributed by atoms with Gasteiger partial charge in [0.05, 0.1) is 16.8 Å². The Morgan fingerprint density at radius 3 is 2.62 bits per heavy atom. The summed E-state index contributed by atoms with van der Waals surface area (Å²) in [6.07, 6.45) is 1.57. The van der Waals surface area contributed by atoms with Crippen molar-refractivity contribution in [2.45, 2.75) is 0 Å². The third-order valence-electron chi connectivity index (χ3n) is 3.40. The van der Waals surface area contributed by atoms with Crippen molar-refractivity contribution in [3.63, 3.8) is 0 Å². The van der Waals surface area contributed by atoms with Crippen LogP contribution in [-0.2, 0) is 0 Å². The predicted molar refractivity (Wildman–Crippen MR) is 105 cm³/mol. The number of rotatable bonds is 5. The molecule has 3 rings (SSSR count). The summed E-state index contributed by atoms with van der Waals surface area (Å²) < 4.78 is 0. The van der Waals surface area contributed by atoms with E-state index in [1.807, 2.05) is 17.5 Å². The lowest BCUT2D eigenvalue weighted by Crippen LogP contribution is -2.18. The monoisotopic (exact) mass is 383 g/mol. The van der Waals surface area contributed by atoms with E-state index in [0.717, 1.165) is 4.88 Å². The molecule has 5 nitrogen and oxygen atoms in total. The van der Waals surface area contributed by atoms with Gasteiger partial charge in [-0.1, -0.05) is 35.9 Å². The second kappa shape index (κ2) is 8.42. The number of nitrogens with zero attached hydrogens (tertiary/aromatic N) is 1. The second-order valence-corrected chi connectivity index (χ2v) is 6.62. The minimum Gasteiger partial charge on any atom is -0.322 e. The molecular formula is C19H14ClN3O2S. The Labute approximate surface area is 159 Å². The molecule has 0 spiro atoms. The van der Waals surface area contributed by atoms with Crippen molar-refractivity contribution in [1.29, 1.82) is 0 Å². The van der Waals surface area contributed by atoms with Crippen LogP contribution in [-0.4, -0.2) is 18.0 Å². The molecule has 0 aliphatic heterocycles. The summed E-state index contributed by atoms with van der Waals surface area (Å²) in [5.41, 5.74) is 3.70. The van der Waals surface area contributed by atoms with E-state index in [1.165, 1.54) is 11.3 Å². The number of nitrogens with one attached hydrogen (secondary N) is 2. The molecule has 0 fully saturated rings. The zero-order valence-corrected chi connectivity index (χ0v) is 15.1. The van der Waals surface area contributed by atoms with Crippen molar-refractivity contribution in [2.75, 3.05) is 5.32 Å². The summed E-state index contributed by atoms with van der Waals surface area (Å²) in [5.74, 6) is -0.712. The first-order valence-corrected chi connectivity index (χ1v) is 8.92. The van der Waals surface area contributed by atoms with E-state index in [2.05, 4.69) is 15.8 Å². The third kappa shape index (κ3) is 4.56. The molecule has 1 heterocycles. The molecule has 0 radical (unpaired) electrons. The van der Waals surface area contributed by atoms with Crippen molar-refractivity contribution in [2.24, 2.45) is 5.10 Å². The lowest BCUT2D eigenvalue weighted by atomic mass is 10.1. The van der Waals surface area contributed by atoms with Gasteiger partial charge in [-0.2, -0.15) is 5.10 Å². The van der Waals surface area contributed by atoms with Gasteiger partial charge in [-0.25, -0.2) is 5.43 Å². The summed E-state index contributed by atoms with van der Waals surface area (Å²) in [7, 11) is 0. The summed E-state index contributed by atoms with van der Waals surface area (Å²) in [6.45, 7) is 0. The van der Waals surface area contributed by atoms with Gasteiger partial charge < -0.3 is 5.32 Å². The van der Waals surface area contributed by atoms with Gasteiger partial charge in [0.25, 0.3) is 11.8 Å². The van der Waals surface area contributed by atoms with Gasteiger partial charge in [0.2, 0.25) is 0 Å². The Morgan fingerprint density at radius 2 is 1.85 bits per heavy atom. The number of carbonyl (C=O) groups is 2. The lowest BCUT2D eigenvalue weighted by Gasteiger charge is -2.08. The fourth-order valence-corrected chi connectivity index (χ4v) is 2.97. The number of benzene rings is 2. The minimum absolute atomic E-state index is 0.344. The van der Waals surface area contributed by atoms with Crippen molar-refractivity contribution in [3.8, 4) is 0 Å². The van der Waals surface area contributed by atoms with Gasteiger partial charge in [-0.15, -0.1) is 11.3 Å². The van der Waals surface area contributed by atoms with E-state index in [0.29, 0.717) is 21.8 Å². The van der Waals surface area contributed by atoms with Crippen LogP contribution < -0.4 is 10.7 Å². The molecule has 0 unspecified atom stereocenters. The van der Waals surface area contributed by atoms with Crippen LogP contribution in [0.2, 0.25) is 5.02 Å². The second-order valence-electron chi connectivity index (χ2n) is 5.23. The van der Waals surface area contributed by atoms with Crippen LogP contribution in [0.4, 0.5) is 5.69 Å². The Bertz CT molecular complexity index is 955. The zero-order valence-electron chi connectivity index (χ0n) is 13.5. The number of hydrogen-bond acceptors (Lipinski definition) is 4. The number of halogens is 1. The highest BCUT2D eigenvalue weighted by atomic mass is 35.5. The molecule has 3 aromatic rings. The topological polar surface area (TPSA) is 70.6 Å². The first-order valence-electron chi connectivity index (χ1n) is 7.66. The Kier molecular flexibility index (Phi) is 5.78. The van der Waals surface area contributed by atoms with Crippen LogP contribution in [0.25, 0.3) is 0 Å². The number of hydrogen-bond donors (Lipinski definition) is 2. The Balaban J connectivity index is 1.67. The van der Waals surface area contributed by atoms with E-state index >= 15 is 0 Å². The lowest BCUT2D eigenvalue weighted by molar-refractivity contribution is 0.0953. The van der Waals surface area contributed by atoms with E-state index in [9.17, 15) is 9.59 Å². The van der Waals surface area contributed by atoms with Gasteiger partial charge in [0.15, 0.2) is 0 Å². The largest absolute Gasteiger partial charge is 0.322 e. The Hall–Kier alpha value is -2.96. The first kappa shape index (κ1) is 17.8. The van der Waals surface area contributed by atoms with Crippen LogP contribution in [0.1, 0.15) is 25.6 Å². The van der Waals surface area contributed by atoms with Gasteiger partial charge in [0, 0.05) is 16.1 Å². The average molecular weight is 384 g/mol. The smallest absolute Gasteiger partial charge is 0.271 e. The highest BCUT2D eigenvalue weighted by Gasteiger charge is 2.11. The minimum atomic E-state index is -0.369. The maximum Gasteiger partial charge on any atom is 0.271 e. The zero-order chi connectivity index (χ0) is 18.4. The quantitative estimate of drug-likeness (QED) is 0.505. The number of anilines is 1. The molecule has 0 bridgehead atoms. The van der Waals surface area contributed by atoms with Gasteiger partial charge in [-0.3, -0.25) is 9.59 Å². The fraction of sp³-hybridized carbons (Fsp3) is 0. The third-order valence-corrected chi connectivity index (χ3v) is 4.54. The van der Waals surface area contributed by atoms with Crippen molar-refractivity contribution in [3.05, 3.63) is 87.1 Å². The van der Waals surface area contributed by atoms with E-state index in [1.54, 1.807) is 54.7 Å². The molecule has 2 amide bonds. The number of carbonyl (C=O) groups excluding carboxylic acids is 2. The van der Waals surface area contributed by atoms with E-state index < -0.39 is 0 Å². The van der Waals surface area contributed by atoms with E-state index in [4.69, 9.17) is 11.6 Å². The highest BCUT2D eigenvalue weighted by Crippen LogP contribution is 2.18. The van der Waals surface area contributed by atoms with E-state index in [-0.39, 0.29) is 11.8 Å². The molecule has 1 aromatic heterocycles. The summed E-state index contributed by atoms with van der Waals surface area (Å²) in [6, 6.07) is 17.1. The van der Waals surface area contributed by atoms with Crippen molar-refractivity contribution in [1.82, 2.24) is 5.43 Å². The molecule has 0 aliphatic carbocycles. The van der Waals surface area contributed by atoms with Gasteiger partial charge >= 0.3 is 0 Å². The van der Waals surface area contributed by atoms with Gasteiger partial charge in [-0.05, 0) is 41.8 Å². The summed E-state index contributed by atoms with van der Waals surface area (Å²) in [5, 5.41) is 8.94. The maximum absolute atomic E-state index is 12.3. The van der Waals surface area contributed by atoms with Crippen molar-refractivity contribution >= 4 is 46.7 Å². The molecule has 0 aliphatic rings. The van der Waals surface area contributed by atoms with Crippen molar-refractivity contribution < 1.29 is 9.59 Å². The molecule has 2 N–H and O–H groups in total. The SMILES string of the molecule is O=C(N/N=C\c1cccs1)c1cccc(NC(=O)c2ccccc2Cl)c1. The van der Waals surface area contributed by atoms with Crippen LogP contribution >= 0.6 is 22.9 Å². The number of thiophene rings is 1. The molecule has 2 aromatic carbocycles. The molecule has 7 heteroatoms.